The molecule has 4 heterocycles. The van der Waals surface area contributed by atoms with Gasteiger partial charge in [-0.05, 0) is 0 Å². The number of carboxylic acids is 1. The molecule has 0 radical (unpaired) electrons. The molecule has 0 N–H and O–H groups in total. The Balaban J connectivity index is 0.000000640. The van der Waals surface area contributed by atoms with Crippen molar-refractivity contribution in [2.45, 2.75) is 0 Å². The van der Waals surface area contributed by atoms with E-state index < -0.39 is 5.97 Å². The summed E-state index contributed by atoms with van der Waals surface area (Å²) >= 11 is 0. The largest absolute Gasteiger partial charge is 1.00 e. The number of quaternary nitrogens is 1. The smallest absolute Gasteiger partial charge is 1.00 e. The molecule has 4 rings (SSSR count). The van der Waals surface area contributed by atoms with Crippen molar-refractivity contribution in [2.24, 2.45) is 0 Å². The average molecular weight is 257 g/mol. The van der Waals surface area contributed by atoms with E-state index in [0.29, 0.717) is 4.48 Å². The Hall–Kier alpha value is 0.600. The Morgan fingerprint density at radius 3 is 1.75 bits per heavy atom. The van der Waals surface area contributed by atoms with Crippen LogP contribution >= 0.6 is 0 Å². The quantitative estimate of drug-likeness (QED) is 0.363. The summed E-state index contributed by atoms with van der Waals surface area (Å²) in [6.07, 6.45) is 0. The second-order valence-corrected chi connectivity index (χ2v) is 4.73. The number of carboxylic acid groups (broad SMARTS) is 1. The van der Waals surface area contributed by atoms with Gasteiger partial charge in [-0.15, -0.1) is 0 Å². The van der Waals surface area contributed by atoms with Crippen molar-refractivity contribution in [1.82, 2.24) is 14.7 Å². The van der Waals surface area contributed by atoms with E-state index in [1.54, 1.807) is 0 Å². The van der Waals surface area contributed by atoms with Gasteiger partial charge in [0.25, 0.3) is 0 Å². The topological polar surface area (TPSA) is 49.9 Å². The van der Waals surface area contributed by atoms with Gasteiger partial charge in [-0.1, -0.05) is 0 Å². The van der Waals surface area contributed by atoms with E-state index in [4.69, 9.17) is 0 Å². The van der Waals surface area contributed by atoms with Gasteiger partial charge in [-0.2, -0.15) is 0 Å². The Labute approximate surface area is 123 Å². The molecular weight excluding hydrogens is 243 g/mol. The van der Waals surface area contributed by atoms with Crippen LogP contribution < -0.4 is 47.1 Å². The van der Waals surface area contributed by atoms with Crippen LogP contribution in [0.1, 0.15) is 0 Å². The number of rotatable bonds is 2. The van der Waals surface area contributed by atoms with E-state index >= 15 is 0 Å². The molecule has 16 heavy (non-hydrogen) atoms. The zero-order valence-corrected chi connectivity index (χ0v) is 12.2. The fourth-order valence-corrected chi connectivity index (χ4v) is 3.08. The van der Waals surface area contributed by atoms with Crippen molar-refractivity contribution < 1.29 is 56.3 Å². The summed E-state index contributed by atoms with van der Waals surface area (Å²) < 4.78 is 0.627. The molecule has 0 saturated carbocycles. The molecule has 4 fully saturated rings. The van der Waals surface area contributed by atoms with Crippen LogP contribution in [0.2, 0.25) is 0 Å². The number of nitrogens with zero attached hydrogens (tertiary/aromatic N) is 4. The van der Waals surface area contributed by atoms with Crippen LogP contribution in [0.5, 0.6) is 0 Å². The molecule has 4 saturated heterocycles. The van der Waals surface area contributed by atoms with Gasteiger partial charge in [0.05, 0.1) is 26.0 Å². The second kappa shape index (κ2) is 5.07. The third-order valence-corrected chi connectivity index (χ3v) is 3.16. The molecule has 0 spiro atoms. The van der Waals surface area contributed by atoms with Crippen molar-refractivity contribution in [2.75, 3.05) is 46.6 Å². The van der Waals surface area contributed by atoms with E-state index in [1.165, 1.54) is 0 Å². The predicted octanol–water partition coefficient (Wildman–Crippen LogP) is -8.75. The summed E-state index contributed by atoms with van der Waals surface area (Å²) in [5.74, 6) is -0.935. The molecule has 0 atom stereocenters. The minimum atomic E-state index is -0.935. The van der Waals surface area contributed by atoms with Gasteiger partial charge in [0.15, 0.2) is 0 Å². The van der Waals surface area contributed by atoms with Crippen LogP contribution in [0.4, 0.5) is 0 Å². The fraction of sp³-hybridized carbons (Fsp3) is 0.875. The predicted molar refractivity (Wildman–Crippen MR) is 44.9 cm³/mol. The molecule has 0 unspecified atom stereocenters. The standard InChI is InChI=1S/C8H14N4O2.ClH.Na/c13-8(14)1-12-5-9-2-10(6-12)4-11(3-9)7-12;;/h1-7H2;1H;/q;;+1/p-1. The molecule has 4 aliphatic heterocycles. The summed E-state index contributed by atoms with van der Waals surface area (Å²) in [7, 11) is 0. The SMILES string of the molecule is O=C([O-])C[N+]12CN3CN(CN(C3)C1)C2.[Cl-].[Na+]. The molecule has 0 aromatic heterocycles. The van der Waals surface area contributed by atoms with Crippen molar-refractivity contribution in [3.63, 3.8) is 0 Å². The number of carbonyl (C=O) groups excluding carboxylic acids is 1. The monoisotopic (exact) mass is 256 g/mol. The number of aliphatic carboxylic acids is 1. The summed E-state index contributed by atoms with van der Waals surface area (Å²) in [6, 6.07) is 0. The number of hydrogen-bond donors (Lipinski definition) is 0. The summed E-state index contributed by atoms with van der Waals surface area (Å²) in [5.41, 5.74) is 0. The molecule has 6 nitrogen and oxygen atoms in total. The zero-order valence-electron chi connectivity index (χ0n) is 9.43. The van der Waals surface area contributed by atoms with Gasteiger partial charge < -0.3 is 22.3 Å². The minimum absolute atomic E-state index is 0. The van der Waals surface area contributed by atoms with Gasteiger partial charge in [-0.25, -0.2) is 14.7 Å². The summed E-state index contributed by atoms with van der Waals surface area (Å²) in [6.45, 7) is 5.70. The van der Waals surface area contributed by atoms with Crippen LogP contribution in [0.3, 0.4) is 0 Å². The van der Waals surface area contributed by atoms with Crippen LogP contribution in [-0.4, -0.2) is 71.7 Å². The van der Waals surface area contributed by atoms with E-state index in [0.717, 1.165) is 40.0 Å². The molecule has 86 valence electrons. The zero-order chi connectivity index (χ0) is 9.76. The Bertz CT molecular complexity index is 256. The van der Waals surface area contributed by atoms with Gasteiger partial charge >= 0.3 is 29.6 Å². The Morgan fingerprint density at radius 1 is 1.06 bits per heavy atom. The fourth-order valence-electron chi connectivity index (χ4n) is 3.08. The first-order valence-corrected chi connectivity index (χ1v) is 4.87. The van der Waals surface area contributed by atoms with E-state index in [2.05, 4.69) is 14.7 Å². The van der Waals surface area contributed by atoms with Gasteiger partial charge in [0.1, 0.15) is 26.6 Å². The number of carbonyl (C=O) groups is 1. The van der Waals surface area contributed by atoms with Crippen LogP contribution in [0, 0.1) is 0 Å². The van der Waals surface area contributed by atoms with Crippen molar-refractivity contribution in [1.29, 1.82) is 0 Å². The summed E-state index contributed by atoms with van der Waals surface area (Å²) in [4.78, 5) is 17.6. The molecule has 4 aliphatic rings. The molecule has 8 heteroatoms. The first-order valence-electron chi connectivity index (χ1n) is 4.87. The molecule has 4 bridgehead atoms. The van der Waals surface area contributed by atoms with Crippen molar-refractivity contribution in [3.05, 3.63) is 0 Å². The maximum atomic E-state index is 10.7. The Kier molecular flexibility index (Phi) is 4.65. The van der Waals surface area contributed by atoms with Crippen molar-refractivity contribution in [3.8, 4) is 0 Å². The van der Waals surface area contributed by atoms with Crippen molar-refractivity contribution >= 4 is 5.97 Å². The van der Waals surface area contributed by atoms with Gasteiger partial charge in [0, 0.05) is 0 Å². The third kappa shape index (κ3) is 2.54. The molecular formula is C8H14ClN4NaO2. The summed E-state index contributed by atoms with van der Waals surface area (Å²) in [5, 5.41) is 10.7. The third-order valence-electron chi connectivity index (χ3n) is 3.16. The first kappa shape index (κ1) is 14.7. The van der Waals surface area contributed by atoms with Crippen LogP contribution in [0.15, 0.2) is 0 Å². The maximum Gasteiger partial charge on any atom is 1.00 e. The normalized spacial score (nSPS) is 43.4. The van der Waals surface area contributed by atoms with E-state index in [-0.39, 0.29) is 48.5 Å². The molecule has 0 aromatic carbocycles. The second-order valence-electron chi connectivity index (χ2n) is 4.73. The van der Waals surface area contributed by atoms with Gasteiger partial charge in [-0.3, -0.25) is 4.48 Å². The molecule has 0 aromatic rings. The number of halogens is 1. The Morgan fingerprint density at radius 2 is 1.44 bits per heavy atom. The average Bonchev–Trinajstić information content (AvgIpc) is 1.96. The molecule has 0 aliphatic carbocycles. The number of hydrogen-bond acceptors (Lipinski definition) is 5. The first-order chi connectivity index (χ1) is 6.65. The van der Waals surface area contributed by atoms with E-state index in [9.17, 15) is 9.90 Å². The molecule has 0 amide bonds. The maximum absolute atomic E-state index is 10.7. The van der Waals surface area contributed by atoms with E-state index in [1.807, 2.05) is 0 Å². The minimum Gasteiger partial charge on any atom is -1.00 e. The van der Waals surface area contributed by atoms with Gasteiger partial charge in [0.2, 0.25) is 0 Å². The van der Waals surface area contributed by atoms with Crippen LogP contribution in [0.25, 0.3) is 0 Å². The van der Waals surface area contributed by atoms with Crippen LogP contribution in [-0.2, 0) is 4.79 Å².